The summed E-state index contributed by atoms with van der Waals surface area (Å²) in [6, 6.07) is 14.6. The molecule has 0 nitrogen and oxygen atoms in total. The molecule has 4 unspecified atom stereocenters. The molecular weight excluding hydrogens is 348 g/mol. The van der Waals surface area contributed by atoms with E-state index in [-0.39, 0.29) is 0 Å². The molecule has 2 aromatic rings. The predicted octanol–water partition coefficient (Wildman–Crippen LogP) is 9.33. The lowest BCUT2D eigenvalue weighted by atomic mass is 9.83. The van der Waals surface area contributed by atoms with Crippen molar-refractivity contribution in [1.82, 2.24) is 0 Å². The number of hydrogen-bond donors (Lipinski definition) is 0. The van der Waals surface area contributed by atoms with Gasteiger partial charge in [-0.15, -0.1) is 0 Å². The van der Waals surface area contributed by atoms with Gasteiger partial charge >= 0.3 is 0 Å². The lowest BCUT2D eigenvalue weighted by Gasteiger charge is -2.22. The van der Waals surface area contributed by atoms with Crippen LogP contribution in [0.4, 0.5) is 0 Å². The van der Waals surface area contributed by atoms with Crippen LogP contribution in [0.1, 0.15) is 138 Å². The molecule has 0 N–H and O–H groups in total. The van der Waals surface area contributed by atoms with Crippen molar-refractivity contribution in [2.75, 3.05) is 0 Å². The van der Waals surface area contributed by atoms with Gasteiger partial charge in [0.05, 0.1) is 0 Å². The highest BCUT2D eigenvalue weighted by atomic mass is 14.2. The first kappa shape index (κ1) is 23.7. The lowest BCUT2D eigenvalue weighted by Crippen LogP contribution is -2.06. The molecule has 29 heavy (non-hydrogen) atoms. The van der Waals surface area contributed by atoms with Gasteiger partial charge < -0.3 is 0 Å². The second-order valence-electron chi connectivity index (χ2n) is 9.33. The molecule has 160 valence electrons. The van der Waals surface area contributed by atoms with Crippen LogP contribution in [0.25, 0.3) is 0 Å². The Kier molecular flexibility index (Phi) is 9.00. The van der Waals surface area contributed by atoms with E-state index in [0.29, 0.717) is 23.7 Å². The van der Waals surface area contributed by atoms with Crippen LogP contribution in [0, 0.1) is 0 Å². The zero-order valence-corrected chi connectivity index (χ0v) is 20.3. The van der Waals surface area contributed by atoms with E-state index in [1.54, 1.807) is 11.1 Å². The summed E-state index contributed by atoms with van der Waals surface area (Å²) in [5.74, 6) is 2.50. The van der Waals surface area contributed by atoms with Gasteiger partial charge in [0, 0.05) is 0 Å². The van der Waals surface area contributed by atoms with E-state index in [1.807, 2.05) is 0 Å². The fourth-order valence-electron chi connectivity index (χ4n) is 4.20. The first-order valence-corrected chi connectivity index (χ1v) is 12.1. The summed E-state index contributed by atoms with van der Waals surface area (Å²) in [6.07, 6.45) is 5.86. The van der Waals surface area contributed by atoms with E-state index in [0.717, 1.165) is 6.42 Å². The van der Waals surface area contributed by atoms with Gasteiger partial charge in [0.25, 0.3) is 0 Å². The largest absolute Gasteiger partial charge is 0.0648 e. The van der Waals surface area contributed by atoms with Crippen LogP contribution >= 0.6 is 0 Å². The molecule has 0 aliphatic carbocycles. The topological polar surface area (TPSA) is 0 Å². The smallest absolute Gasteiger partial charge is 0.00201 e. The Labute approximate surface area is 181 Å². The Bertz CT molecular complexity index is 704. The summed E-state index contributed by atoms with van der Waals surface area (Å²) < 4.78 is 0. The Morgan fingerprint density at radius 1 is 0.517 bits per heavy atom. The molecule has 4 atom stereocenters. The van der Waals surface area contributed by atoms with Gasteiger partial charge in [-0.05, 0) is 89.2 Å². The van der Waals surface area contributed by atoms with E-state index in [2.05, 4.69) is 91.8 Å². The quantitative estimate of drug-likeness (QED) is 0.378. The molecule has 0 radical (unpaired) electrons. The predicted molar refractivity (Wildman–Crippen MR) is 131 cm³/mol. The summed E-state index contributed by atoms with van der Waals surface area (Å²) in [5, 5.41) is 0. The van der Waals surface area contributed by atoms with Crippen molar-refractivity contribution in [3.8, 4) is 0 Å². The van der Waals surface area contributed by atoms with Crippen LogP contribution < -0.4 is 0 Å². The van der Waals surface area contributed by atoms with E-state index in [1.165, 1.54) is 47.9 Å². The zero-order valence-electron chi connectivity index (χ0n) is 20.3. The second kappa shape index (κ2) is 11.0. The van der Waals surface area contributed by atoms with Crippen molar-refractivity contribution in [3.63, 3.8) is 0 Å². The van der Waals surface area contributed by atoms with Crippen LogP contribution in [0.3, 0.4) is 0 Å². The van der Waals surface area contributed by atoms with Crippen molar-refractivity contribution < 1.29 is 0 Å². The maximum Gasteiger partial charge on any atom is -0.00201 e. The van der Waals surface area contributed by atoms with Crippen molar-refractivity contribution in [2.45, 2.75) is 111 Å². The molecule has 2 rings (SSSR count). The fourth-order valence-corrected chi connectivity index (χ4v) is 4.20. The minimum absolute atomic E-state index is 0.612. The third-order valence-corrected chi connectivity index (χ3v) is 7.37. The van der Waals surface area contributed by atoms with Crippen molar-refractivity contribution in [1.29, 1.82) is 0 Å². The zero-order chi connectivity index (χ0) is 21.6. The molecule has 0 amide bonds. The van der Waals surface area contributed by atoms with Crippen molar-refractivity contribution in [3.05, 3.63) is 69.8 Å². The molecule has 0 aliphatic heterocycles. The average molecular weight is 393 g/mol. The van der Waals surface area contributed by atoms with E-state index in [9.17, 15) is 0 Å². The van der Waals surface area contributed by atoms with E-state index in [4.69, 9.17) is 0 Å². The van der Waals surface area contributed by atoms with Gasteiger partial charge in [0.1, 0.15) is 0 Å². The van der Waals surface area contributed by atoms with E-state index < -0.39 is 0 Å². The normalized spacial score (nSPS) is 15.7. The van der Waals surface area contributed by atoms with E-state index >= 15 is 0 Å². The maximum atomic E-state index is 2.51. The minimum Gasteiger partial charge on any atom is -0.0648 e. The van der Waals surface area contributed by atoms with Crippen molar-refractivity contribution in [2.24, 2.45) is 0 Å². The minimum atomic E-state index is 0.612. The number of hydrogen-bond acceptors (Lipinski definition) is 0. The van der Waals surface area contributed by atoms with Crippen LogP contribution in [0.15, 0.2) is 36.4 Å². The van der Waals surface area contributed by atoms with Gasteiger partial charge in [-0.1, -0.05) is 91.8 Å². The third-order valence-electron chi connectivity index (χ3n) is 7.37. The van der Waals surface area contributed by atoms with Gasteiger partial charge in [0.2, 0.25) is 0 Å². The van der Waals surface area contributed by atoms with Crippen LogP contribution in [-0.2, 0) is 6.42 Å². The summed E-state index contributed by atoms with van der Waals surface area (Å²) >= 11 is 0. The Balaban J connectivity index is 2.49. The number of benzene rings is 2. The highest BCUT2D eigenvalue weighted by Gasteiger charge is 2.17. The van der Waals surface area contributed by atoms with Crippen molar-refractivity contribution >= 4 is 0 Å². The Morgan fingerprint density at radius 2 is 0.862 bits per heavy atom. The molecule has 0 heteroatoms. The van der Waals surface area contributed by atoms with Gasteiger partial charge in [-0.25, -0.2) is 0 Å². The number of rotatable bonds is 10. The molecule has 0 fully saturated rings. The molecular formula is C29H44. The van der Waals surface area contributed by atoms with Crippen LogP contribution in [0.5, 0.6) is 0 Å². The van der Waals surface area contributed by atoms with Gasteiger partial charge in [-0.2, -0.15) is 0 Å². The maximum absolute atomic E-state index is 2.51. The summed E-state index contributed by atoms with van der Waals surface area (Å²) in [7, 11) is 0. The molecule has 2 aromatic carbocycles. The van der Waals surface area contributed by atoms with Crippen LogP contribution in [0.2, 0.25) is 0 Å². The Morgan fingerprint density at radius 3 is 1.17 bits per heavy atom. The molecule has 0 saturated carbocycles. The Hall–Kier alpha value is -1.56. The second-order valence-corrected chi connectivity index (χ2v) is 9.33. The first-order chi connectivity index (χ1) is 13.9. The standard InChI is InChI=1S/C29H44/c1-9-20(5)24-13-15-26(28(18-24)22(7)11-3)17-27-16-14-25(21(6)10-2)19-29(27)23(8)12-4/h13-16,18-23H,9-12,17H2,1-8H3. The summed E-state index contributed by atoms with van der Waals surface area (Å²) in [4.78, 5) is 0. The average Bonchev–Trinajstić information content (AvgIpc) is 2.77. The van der Waals surface area contributed by atoms with Gasteiger partial charge in [0.15, 0.2) is 0 Å². The molecule has 0 saturated heterocycles. The molecule has 0 aromatic heterocycles. The fraction of sp³-hybridized carbons (Fsp3) is 0.586. The molecule has 0 spiro atoms. The molecule has 0 bridgehead atoms. The lowest BCUT2D eigenvalue weighted by molar-refractivity contribution is 0.697. The van der Waals surface area contributed by atoms with Crippen LogP contribution in [-0.4, -0.2) is 0 Å². The highest BCUT2D eigenvalue weighted by Crippen LogP contribution is 2.33. The molecule has 0 heterocycles. The monoisotopic (exact) mass is 392 g/mol. The SMILES string of the molecule is CCC(C)c1ccc(Cc2ccc(C(C)CC)cc2C(C)CC)c(C(C)CC)c1. The summed E-state index contributed by atoms with van der Waals surface area (Å²) in [5.41, 5.74) is 9.17. The molecule has 0 aliphatic rings. The summed E-state index contributed by atoms with van der Waals surface area (Å²) in [6.45, 7) is 18.7. The highest BCUT2D eigenvalue weighted by molar-refractivity contribution is 5.43. The third kappa shape index (κ3) is 5.74. The van der Waals surface area contributed by atoms with Gasteiger partial charge in [-0.3, -0.25) is 0 Å². The first-order valence-electron chi connectivity index (χ1n) is 12.1.